The Morgan fingerprint density at radius 2 is 1.97 bits per heavy atom. The van der Waals surface area contributed by atoms with Crippen molar-refractivity contribution < 1.29 is 9.18 Å². The molecule has 0 spiro atoms. The number of amidine groups is 1. The van der Waals surface area contributed by atoms with E-state index in [9.17, 15) is 9.18 Å². The first kappa shape index (κ1) is 20.6. The van der Waals surface area contributed by atoms with E-state index in [0.29, 0.717) is 5.56 Å². The van der Waals surface area contributed by atoms with Crippen molar-refractivity contribution in [1.29, 1.82) is 5.26 Å². The Bertz CT molecular complexity index is 1210. The maximum atomic E-state index is 14.1. The minimum atomic E-state index is -0.656. The van der Waals surface area contributed by atoms with Gasteiger partial charge in [-0.05, 0) is 60.5 Å². The first-order chi connectivity index (χ1) is 15.0. The largest absolute Gasteiger partial charge is 0.335 e. The van der Waals surface area contributed by atoms with E-state index in [0.717, 1.165) is 33.8 Å². The fraction of sp³-hybridized carbons (Fsp3) is 0.130. The number of nitriles is 1. The molecule has 6 nitrogen and oxygen atoms in total. The average Bonchev–Trinajstić information content (AvgIpc) is 3.25. The van der Waals surface area contributed by atoms with Crippen LogP contribution in [0.5, 0.6) is 0 Å². The van der Waals surface area contributed by atoms with E-state index < -0.39 is 11.7 Å². The number of nitrogens with one attached hydrogen (secondary N) is 2. The highest BCUT2D eigenvalue weighted by Gasteiger charge is 2.21. The van der Waals surface area contributed by atoms with Gasteiger partial charge in [-0.15, -0.1) is 0 Å². The number of aryl methyl sites for hydroxylation is 1. The fourth-order valence-electron chi connectivity index (χ4n) is 3.09. The third-order valence-electron chi connectivity index (χ3n) is 4.83. The predicted molar refractivity (Wildman–Crippen MR) is 121 cm³/mol. The SMILES string of the molecule is Cc1ccc(C(=O)Nc2ccc(C#N)cc2F)cc1NC1=NC(c2ccncc2)CS1. The molecule has 3 aromatic rings. The Labute approximate surface area is 183 Å². The van der Waals surface area contributed by atoms with Gasteiger partial charge in [-0.2, -0.15) is 5.26 Å². The molecule has 8 heteroatoms. The number of aromatic nitrogens is 1. The standard InChI is InChI=1S/C23H18FN5OS/c1-14-2-4-17(22(30)27-19-5-3-15(12-25)10-18(19)24)11-20(14)28-23-29-21(13-31-23)16-6-8-26-9-7-16/h2-11,21H,13H2,1H3,(H,27,30)(H,28,29). The summed E-state index contributed by atoms with van der Waals surface area (Å²) in [5.41, 5.74) is 3.42. The van der Waals surface area contributed by atoms with Crippen LogP contribution in [0.3, 0.4) is 0 Å². The van der Waals surface area contributed by atoms with Crippen molar-refractivity contribution in [3.8, 4) is 6.07 Å². The van der Waals surface area contributed by atoms with Crippen molar-refractivity contribution in [2.45, 2.75) is 13.0 Å². The van der Waals surface area contributed by atoms with Gasteiger partial charge in [0, 0.05) is 29.4 Å². The van der Waals surface area contributed by atoms with Gasteiger partial charge >= 0.3 is 0 Å². The minimum Gasteiger partial charge on any atom is -0.335 e. The summed E-state index contributed by atoms with van der Waals surface area (Å²) < 4.78 is 14.1. The highest BCUT2D eigenvalue weighted by atomic mass is 32.2. The number of pyridine rings is 1. The van der Waals surface area contributed by atoms with Crippen LogP contribution in [0.4, 0.5) is 15.8 Å². The smallest absolute Gasteiger partial charge is 0.255 e. The molecule has 2 N–H and O–H groups in total. The Morgan fingerprint density at radius 3 is 2.71 bits per heavy atom. The van der Waals surface area contributed by atoms with Crippen molar-refractivity contribution >= 4 is 34.2 Å². The average molecular weight is 431 g/mol. The van der Waals surface area contributed by atoms with Gasteiger partial charge in [0.1, 0.15) is 5.82 Å². The first-order valence-corrected chi connectivity index (χ1v) is 10.5. The number of hydrogen-bond acceptors (Lipinski definition) is 6. The number of halogens is 1. The summed E-state index contributed by atoms with van der Waals surface area (Å²) in [7, 11) is 0. The summed E-state index contributed by atoms with van der Waals surface area (Å²) >= 11 is 1.61. The van der Waals surface area contributed by atoms with Crippen LogP contribution in [0.1, 0.15) is 33.1 Å². The quantitative estimate of drug-likeness (QED) is 0.613. The lowest BCUT2D eigenvalue weighted by molar-refractivity contribution is 0.102. The van der Waals surface area contributed by atoms with Crippen LogP contribution in [0.25, 0.3) is 0 Å². The molecular weight excluding hydrogens is 413 g/mol. The zero-order valence-corrected chi connectivity index (χ0v) is 17.4. The van der Waals surface area contributed by atoms with E-state index in [1.165, 1.54) is 12.1 Å². The van der Waals surface area contributed by atoms with Gasteiger partial charge < -0.3 is 10.6 Å². The Hall–Kier alpha value is -3.70. The summed E-state index contributed by atoms with van der Waals surface area (Å²) in [5.74, 6) is -0.275. The molecule has 1 unspecified atom stereocenters. The van der Waals surface area contributed by atoms with Crippen LogP contribution in [0.15, 0.2) is 65.9 Å². The lowest BCUT2D eigenvalue weighted by Crippen LogP contribution is -2.14. The van der Waals surface area contributed by atoms with Gasteiger partial charge in [0.15, 0.2) is 5.17 Å². The number of aliphatic imine (C=N–C) groups is 1. The molecule has 0 saturated carbocycles. The second-order valence-electron chi connectivity index (χ2n) is 6.96. The zero-order chi connectivity index (χ0) is 21.8. The number of nitrogens with zero attached hydrogens (tertiary/aromatic N) is 3. The van der Waals surface area contributed by atoms with Gasteiger partial charge in [-0.1, -0.05) is 17.8 Å². The second kappa shape index (κ2) is 8.98. The highest BCUT2D eigenvalue weighted by Crippen LogP contribution is 2.31. The number of thioether (sulfide) groups is 1. The molecular formula is C23H18FN5OS. The summed E-state index contributed by atoms with van der Waals surface area (Å²) in [6, 6.07) is 15.0. The van der Waals surface area contributed by atoms with Crippen molar-refractivity contribution in [2.24, 2.45) is 4.99 Å². The molecule has 1 atom stereocenters. The number of carbonyl (C=O) groups is 1. The molecule has 4 rings (SSSR count). The molecule has 2 aromatic carbocycles. The van der Waals surface area contributed by atoms with Gasteiger partial charge in [0.25, 0.3) is 5.91 Å². The molecule has 0 fully saturated rings. The molecule has 1 aromatic heterocycles. The van der Waals surface area contributed by atoms with Crippen molar-refractivity contribution in [3.63, 3.8) is 0 Å². The summed E-state index contributed by atoms with van der Waals surface area (Å²) in [6.07, 6.45) is 3.51. The highest BCUT2D eigenvalue weighted by molar-refractivity contribution is 8.14. The molecule has 154 valence electrons. The Balaban J connectivity index is 1.50. The van der Waals surface area contributed by atoms with E-state index in [4.69, 9.17) is 10.3 Å². The third kappa shape index (κ3) is 4.73. The van der Waals surface area contributed by atoms with Crippen LogP contribution in [0.2, 0.25) is 0 Å². The monoisotopic (exact) mass is 431 g/mol. The van der Waals surface area contributed by atoms with Crippen LogP contribution in [-0.2, 0) is 0 Å². The lowest BCUT2D eigenvalue weighted by Gasteiger charge is -2.12. The van der Waals surface area contributed by atoms with E-state index in [2.05, 4.69) is 15.6 Å². The van der Waals surface area contributed by atoms with Crippen molar-refractivity contribution in [1.82, 2.24) is 4.98 Å². The van der Waals surface area contributed by atoms with E-state index in [-0.39, 0.29) is 17.3 Å². The topological polar surface area (TPSA) is 90.2 Å². The molecule has 2 heterocycles. The molecule has 0 radical (unpaired) electrons. The molecule has 1 aliphatic rings. The van der Waals surface area contributed by atoms with Gasteiger partial charge in [-0.25, -0.2) is 4.39 Å². The molecule has 1 aliphatic heterocycles. The summed E-state index contributed by atoms with van der Waals surface area (Å²) in [4.78, 5) is 21.4. The van der Waals surface area contributed by atoms with E-state index in [1.54, 1.807) is 36.3 Å². The fourth-order valence-corrected chi connectivity index (χ4v) is 4.06. The minimum absolute atomic E-state index is 0.0231. The number of carbonyl (C=O) groups excluding carboxylic acids is 1. The van der Waals surface area contributed by atoms with Gasteiger partial charge in [0.2, 0.25) is 0 Å². The molecule has 0 aliphatic carbocycles. The first-order valence-electron chi connectivity index (χ1n) is 9.52. The molecule has 1 amide bonds. The maximum absolute atomic E-state index is 14.1. The van der Waals surface area contributed by atoms with Crippen LogP contribution < -0.4 is 10.6 Å². The van der Waals surface area contributed by atoms with Crippen molar-refractivity contribution in [2.75, 3.05) is 16.4 Å². The van der Waals surface area contributed by atoms with Crippen LogP contribution in [0, 0.1) is 24.1 Å². The molecule has 0 saturated heterocycles. The molecule has 31 heavy (non-hydrogen) atoms. The van der Waals surface area contributed by atoms with Gasteiger partial charge in [-0.3, -0.25) is 14.8 Å². The zero-order valence-electron chi connectivity index (χ0n) is 16.6. The van der Waals surface area contributed by atoms with Crippen LogP contribution >= 0.6 is 11.8 Å². The Morgan fingerprint density at radius 1 is 1.16 bits per heavy atom. The number of anilines is 2. The third-order valence-corrected chi connectivity index (χ3v) is 5.79. The normalized spacial score (nSPS) is 15.1. The lowest BCUT2D eigenvalue weighted by atomic mass is 10.1. The predicted octanol–water partition coefficient (Wildman–Crippen LogP) is 4.91. The summed E-state index contributed by atoms with van der Waals surface area (Å²) in [5, 5.41) is 15.5. The number of benzene rings is 2. The van der Waals surface area contributed by atoms with E-state index in [1.807, 2.05) is 31.2 Å². The second-order valence-corrected chi connectivity index (χ2v) is 7.97. The number of rotatable bonds is 4. The number of hydrogen-bond donors (Lipinski definition) is 2. The van der Waals surface area contributed by atoms with Gasteiger partial charge in [0.05, 0.1) is 23.4 Å². The van der Waals surface area contributed by atoms with E-state index >= 15 is 0 Å². The molecule has 0 bridgehead atoms. The summed E-state index contributed by atoms with van der Waals surface area (Å²) in [6.45, 7) is 1.94. The number of amides is 1. The van der Waals surface area contributed by atoms with Crippen molar-refractivity contribution in [3.05, 3.63) is 89.0 Å². The van der Waals surface area contributed by atoms with Crippen LogP contribution in [-0.4, -0.2) is 21.8 Å². The maximum Gasteiger partial charge on any atom is 0.255 e. The Kier molecular flexibility index (Phi) is 5.96.